The Hall–Kier alpha value is 0.370. The van der Waals surface area contributed by atoms with Crippen LogP contribution in [0.15, 0.2) is 10.1 Å². The second-order valence-electron chi connectivity index (χ2n) is 1.53. The van der Waals surface area contributed by atoms with Crippen LogP contribution in [0.5, 0.6) is 0 Å². The molecule has 1 heterocycles. The zero-order valence-corrected chi connectivity index (χ0v) is 7.35. The highest BCUT2D eigenvalue weighted by Gasteiger charge is 2.43. The fraction of sp³-hybridized carbons (Fsp3) is 0.250. The van der Waals surface area contributed by atoms with Crippen molar-refractivity contribution in [2.75, 3.05) is 0 Å². The van der Waals surface area contributed by atoms with Crippen molar-refractivity contribution < 1.29 is 9.53 Å². The van der Waals surface area contributed by atoms with E-state index in [2.05, 4.69) is 4.74 Å². The molecule has 0 spiro atoms. The molecule has 0 bridgehead atoms. The second-order valence-corrected chi connectivity index (χ2v) is 3.55. The first-order valence-corrected chi connectivity index (χ1v) is 3.63. The van der Waals surface area contributed by atoms with Gasteiger partial charge in [-0.2, -0.15) is 0 Å². The molecule has 0 aromatic rings. The second kappa shape index (κ2) is 2.45. The van der Waals surface area contributed by atoms with E-state index in [9.17, 15) is 4.79 Å². The maximum Gasteiger partial charge on any atom is 0.354 e. The zero-order chi connectivity index (χ0) is 7.94. The summed E-state index contributed by atoms with van der Waals surface area (Å²) in [7, 11) is 0. The van der Waals surface area contributed by atoms with Gasteiger partial charge >= 0.3 is 10.5 Å². The Morgan fingerprint density at radius 2 is 1.80 bits per heavy atom. The third kappa shape index (κ3) is 1.21. The Kier molecular flexibility index (Phi) is 2.07. The molecule has 0 aliphatic carbocycles. The monoisotopic (exact) mass is 220 g/mol. The Balaban J connectivity index is 3.06. The molecule has 2 nitrogen and oxygen atoms in total. The summed E-state index contributed by atoms with van der Waals surface area (Å²) in [6, 6.07) is 0. The number of hydrogen-bond acceptors (Lipinski definition) is 2. The van der Waals surface area contributed by atoms with Crippen LogP contribution in [0.2, 0.25) is 0 Å². The van der Waals surface area contributed by atoms with Crippen LogP contribution in [0.3, 0.4) is 0 Å². The van der Waals surface area contributed by atoms with Crippen LogP contribution in [-0.4, -0.2) is 10.5 Å². The van der Waals surface area contributed by atoms with Gasteiger partial charge in [-0.3, -0.25) is 0 Å². The number of cyclic esters (lactones) is 1. The minimum atomic E-state index is -1.80. The molecule has 6 heteroatoms. The Bertz CT molecular complexity index is 219. The van der Waals surface area contributed by atoms with Crippen molar-refractivity contribution in [2.45, 2.75) is 4.52 Å². The lowest BCUT2D eigenvalue weighted by Crippen LogP contribution is -2.13. The molecule has 0 amide bonds. The van der Waals surface area contributed by atoms with Gasteiger partial charge in [-0.15, -0.1) is 0 Å². The van der Waals surface area contributed by atoms with E-state index >= 15 is 0 Å². The van der Waals surface area contributed by atoms with Gasteiger partial charge in [0.15, 0.2) is 0 Å². The minimum Gasteiger partial charge on any atom is -0.419 e. The number of carbonyl (C=O) groups is 1. The van der Waals surface area contributed by atoms with Gasteiger partial charge in [0.05, 0.1) is 0 Å². The van der Waals surface area contributed by atoms with Crippen molar-refractivity contribution in [3.63, 3.8) is 0 Å². The van der Waals surface area contributed by atoms with Crippen LogP contribution in [0, 0.1) is 0 Å². The van der Waals surface area contributed by atoms with Gasteiger partial charge in [0.2, 0.25) is 0 Å². The molecule has 0 aromatic carbocycles. The minimum absolute atomic E-state index is 0.192. The summed E-state index contributed by atoms with van der Waals surface area (Å²) in [5.41, 5.74) is 0. The first kappa shape index (κ1) is 8.47. The van der Waals surface area contributed by atoms with Crippen LogP contribution in [0.25, 0.3) is 0 Å². The molecular formula is C4Cl4O2. The third-order valence-electron chi connectivity index (χ3n) is 0.848. The molecule has 0 saturated heterocycles. The van der Waals surface area contributed by atoms with Gasteiger partial charge in [0.25, 0.3) is 0 Å². The summed E-state index contributed by atoms with van der Waals surface area (Å²) < 4.78 is 2.53. The average molecular weight is 222 g/mol. The van der Waals surface area contributed by atoms with Gasteiger partial charge in [-0.1, -0.05) is 46.4 Å². The molecule has 1 aliphatic heterocycles. The standard InChI is InChI=1S/C4Cl4O2/c5-1-2(6)4(7,8)10-3(1)9. The zero-order valence-electron chi connectivity index (χ0n) is 4.33. The number of ether oxygens (including phenoxy) is 1. The maximum atomic E-state index is 10.5. The fourth-order valence-electron chi connectivity index (χ4n) is 0.423. The van der Waals surface area contributed by atoms with Crippen LogP contribution >= 0.6 is 46.4 Å². The lowest BCUT2D eigenvalue weighted by atomic mass is 10.5. The highest BCUT2D eigenvalue weighted by atomic mass is 35.5. The van der Waals surface area contributed by atoms with Crippen molar-refractivity contribution in [3.05, 3.63) is 10.1 Å². The van der Waals surface area contributed by atoms with Gasteiger partial charge in [-0.05, 0) is 0 Å². The number of carbonyl (C=O) groups excluding carboxylic acids is 1. The van der Waals surface area contributed by atoms with Gasteiger partial charge in [0.1, 0.15) is 10.1 Å². The molecule has 0 aromatic heterocycles. The predicted molar refractivity (Wildman–Crippen MR) is 39.3 cm³/mol. The van der Waals surface area contributed by atoms with Crippen LogP contribution in [-0.2, 0) is 9.53 Å². The topological polar surface area (TPSA) is 26.3 Å². The van der Waals surface area contributed by atoms with Crippen molar-refractivity contribution in [3.8, 4) is 0 Å². The van der Waals surface area contributed by atoms with Crippen molar-refractivity contribution in [1.29, 1.82) is 0 Å². The summed E-state index contributed by atoms with van der Waals surface area (Å²) in [5.74, 6) is -0.809. The number of halogens is 4. The molecule has 1 rings (SSSR count). The summed E-state index contributed by atoms with van der Waals surface area (Å²) in [6.07, 6.45) is 0. The van der Waals surface area contributed by atoms with E-state index in [1.165, 1.54) is 0 Å². The van der Waals surface area contributed by atoms with E-state index < -0.39 is 10.5 Å². The molecule has 0 fully saturated rings. The Morgan fingerprint density at radius 3 is 1.90 bits per heavy atom. The first-order chi connectivity index (χ1) is 4.45. The van der Waals surface area contributed by atoms with Gasteiger partial charge < -0.3 is 4.74 Å². The van der Waals surface area contributed by atoms with Crippen LogP contribution < -0.4 is 0 Å². The van der Waals surface area contributed by atoms with E-state index in [1.54, 1.807) is 0 Å². The van der Waals surface area contributed by atoms with E-state index in [0.29, 0.717) is 0 Å². The highest BCUT2D eigenvalue weighted by molar-refractivity contribution is 6.61. The molecule has 56 valence electrons. The normalized spacial score (nSPS) is 23.4. The maximum absolute atomic E-state index is 10.5. The Labute approximate surface area is 76.6 Å². The highest BCUT2D eigenvalue weighted by Crippen LogP contribution is 2.43. The molecule has 0 atom stereocenters. The molecular weight excluding hydrogens is 222 g/mol. The van der Waals surface area contributed by atoms with Gasteiger partial charge in [0, 0.05) is 0 Å². The number of hydrogen-bond donors (Lipinski definition) is 0. The SMILES string of the molecule is O=C1OC(Cl)(Cl)C(Cl)=C1Cl. The molecule has 10 heavy (non-hydrogen) atoms. The lowest BCUT2D eigenvalue weighted by Gasteiger charge is -2.09. The molecule has 1 aliphatic rings. The van der Waals surface area contributed by atoms with E-state index in [1.807, 2.05) is 0 Å². The van der Waals surface area contributed by atoms with E-state index in [4.69, 9.17) is 46.4 Å². The summed E-state index contributed by atoms with van der Waals surface area (Å²) in [4.78, 5) is 10.5. The van der Waals surface area contributed by atoms with E-state index in [0.717, 1.165) is 0 Å². The number of rotatable bonds is 0. The fourth-order valence-corrected chi connectivity index (χ4v) is 1.14. The van der Waals surface area contributed by atoms with Crippen LogP contribution in [0.4, 0.5) is 0 Å². The smallest absolute Gasteiger partial charge is 0.354 e. The number of alkyl halides is 2. The average Bonchev–Trinajstić information content (AvgIpc) is 1.95. The largest absolute Gasteiger partial charge is 0.419 e. The molecule has 0 saturated carbocycles. The lowest BCUT2D eigenvalue weighted by molar-refractivity contribution is -0.137. The predicted octanol–water partition coefficient (Wildman–Crippen LogP) is 2.36. The Morgan fingerprint density at radius 1 is 1.30 bits per heavy atom. The van der Waals surface area contributed by atoms with E-state index in [-0.39, 0.29) is 10.1 Å². The molecule has 0 radical (unpaired) electrons. The summed E-state index contributed by atoms with van der Waals surface area (Å²) in [6.45, 7) is 0. The molecule has 0 unspecified atom stereocenters. The summed E-state index contributed by atoms with van der Waals surface area (Å²) >= 11 is 21.4. The van der Waals surface area contributed by atoms with Crippen molar-refractivity contribution in [2.24, 2.45) is 0 Å². The third-order valence-corrected chi connectivity index (χ3v) is 2.47. The number of esters is 1. The van der Waals surface area contributed by atoms with Crippen molar-refractivity contribution >= 4 is 52.4 Å². The quantitative estimate of drug-likeness (QED) is 0.464. The summed E-state index contributed by atoms with van der Waals surface area (Å²) in [5, 5.41) is -0.464. The van der Waals surface area contributed by atoms with Gasteiger partial charge in [-0.25, -0.2) is 4.79 Å². The van der Waals surface area contributed by atoms with Crippen molar-refractivity contribution in [1.82, 2.24) is 0 Å². The first-order valence-electron chi connectivity index (χ1n) is 2.12. The van der Waals surface area contributed by atoms with Crippen LogP contribution in [0.1, 0.15) is 0 Å². The molecule has 0 N–H and O–H groups in total.